The van der Waals surface area contributed by atoms with E-state index in [0.29, 0.717) is 12.5 Å². The zero-order valence-corrected chi connectivity index (χ0v) is 18.7. The number of nitrogens with zero attached hydrogens (tertiary/aromatic N) is 2. The van der Waals surface area contributed by atoms with E-state index in [1.165, 1.54) is 11.1 Å². The Morgan fingerprint density at radius 1 is 1.28 bits per heavy atom. The first kappa shape index (κ1) is 22.2. The van der Waals surface area contributed by atoms with Crippen molar-refractivity contribution in [2.24, 2.45) is 10.9 Å². The number of nitrogens with one attached hydrogen (secondary N) is 1. The Labute approximate surface area is 170 Å². The molecule has 1 saturated heterocycles. The van der Waals surface area contributed by atoms with E-state index in [1.807, 2.05) is 0 Å². The van der Waals surface area contributed by atoms with Crippen molar-refractivity contribution in [1.29, 1.82) is 0 Å². The van der Waals surface area contributed by atoms with E-state index in [0.717, 1.165) is 38.7 Å². The first-order valence-corrected chi connectivity index (χ1v) is 9.06. The molecule has 1 fully saturated rings. The highest BCUT2D eigenvalue weighted by atomic mass is 127. The van der Waals surface area contributed by atoms with Crippen LogP contribution in [0.1, 0.15) is 45.2 Å². The quantitative estimate of drug-likeness (QED) is 0.411. The van der Waals surface area contributed by atoms with Gasteiger partial charge in [0, 0.05) is 32.7 Å². The van der Waals surface area contributed by atoms with Crippen LogP contribution >= 0.6 is 24.0 Å². The maximum Gasteiger partial charge on any atom is 0.193 e. The van der Waals surface area contributed by atoms with Crippen LogP contribution in [0.5, 0.6) is 0 Å². The van der Waals surface area contributed by atoms with Gasteiger partial charge in [-0.25, -0.2) is 4.99 Å². The summed E-state index contributed by atoms with van der Waals surface area (Å²) in [5, 5.41) is 3.40. The summed E-state index contributed by atoms with van der Waals surface area (Å²) >= 11 is 0. The Kier molecular flexibility index (Phi) is 9.21. The van der Waals surface area contributed by atoms with E-state index in [-0.39, 0.29) is 29.4 Å². The minimum Gasteiger partial charge on any atom is -0.381 e. The standard InChI is InChI=1S/C20H33N3O.HI/c1-6-21-19(23(5)14-17-11-12-24-15-17)22-13-16-7-9-18(10-8-16)20(2,3)4;/h7-10,17H,6,11-15H2,1-5H3,(H,21,22);1H. The molecule has 142 valence electrons. The fourth-order valence-electron chi connectivity index (χ4n) is 2.95. The fourth-order valence-corrected chi connectivity index (χ4v) is 2.95. The molecule has 0 spiro atoms. The van der Waals surface area contributed by atoms with Crippen LogP contribution in [0.2, 0.25) is 0 Å². The molecule has 0 bridgehead atoms. The Balaban J connectivity index is 0.00000312. The molecule has 1 aromatic rings. The van der Waals surface area contributed by atoms with Crippen molar-refractivity contribution in [2.75, 3.05) is 33.4 Å². The molecule has 1 unspecified atom stereocenters. The third-order valence-corrected chi connectivity index (χ3v) is 4.48. The molecule has 0 aromatic heterocycles. The molecule has 4 nitrogen and oxygen atoms in total. The summed E-state index contributed by atoms with van der Waals surface area (Å²) in [4.78, 5) is 7.04. The van der Waals surface area contributed by atoms with Crippen LogP contribution < -0.4 is 5.32 Å². The zero-order chi connectivity index (χ0) is 17.6. The zero-order valence-electron chi connectivity index (χ0n) is 16.3. The molecule has 0 amide bonds. The molecule has 1 aliphatic heterocycles. The Hall–Kier alpha value is -0.820. The second kappa shape index (κ2) is 10.4. The summed E-state index contributed by atoms with van der Waals surface area (Å²) in [6.07, 6.45) is 1.15. The lowest BCUT2D eigenvalue weighted by molar-refractivity contribution is 0.181. The van der Waals surface area contributed by atoms with E-state index < -0.39 is 0 Å². The molecule has 1 heterocycles. The number of halogens is 1. The van der Waals surface area contributed by atoms with Gasteiger partial charge >= 0.3 is 0 Å². The highest BCUT2D eigenvalue weighted by Crippen LogP contribution is 2.22. The summed E-state index contributed by atoms with van der Waals surface area (Å²) in [6.45, 7) is 13.2. The van der Waals surface area contributed by atoms with E-state index >= 15 is 0 Å². The van der Waals surface area contributed by atoms with Crippen LogP contribution in [0.25, 0.3) is 0 Å². The predicted octanol–water partition coefficient (Wildman–Crippen LogP) is 4.04. The van der Waals surface area contributed by atoms with Gasteiger partial charge in [-0.05, 0) is 29.9 Å². The van der Waals surface area contributed by atoms with Gasteiger partial charge < -0.3 is 15.0 Å². The molecule has 2 rings (SSSR count). The van der Waals surface area contributed by atoms with Crippen molar-refractivity contribution in [1.82, 2.24) is 10.2 Å². The topological polar surface area (TPSA) is 36.9 Å². The highest BCUT2D eigenvalue weighted by molar-refractivity contribution is 14.0. The first-order chi connectivity index (χ1) is 11.4. The molecular weight excluding hydrogens is 425 g/mol. The van der Waals surface area contributed by atoms with Crippen LogP contribution in [0, 0.1) is 5.92 Å². The van der Waals surface area contributed by atoms with Crippen LogP contribution in [0.3, 0.4) is 0 Å². The molecule has 5 heteroatoms. The summed E-state index contributed by atoms with van der Waals surface area (Å²) in [5.41, 5.74) is 2.80. The van der Waals surface area contributed by atoms with Gasteiger partial charge in [0.15, 0.2) is 5.96 Å². The first-order valence-electron chi connectivity index (χ1n) is 9.06. The summed E-state index contributed by atoms with van der Waals surface area (Å²) in [5.74, 6) is 1.59. The Morgan fingerprint density at radius 3 is 2.48 bits per heavy atom. The molecule has 1 aromatic carbocycles. The normalized spacial score (nSPS) is 18.0. The molecule has 0 aliphatic carbocycles. The van der Waals surface area contributed by atoms with Crippen LogP contribution in [0.4, 0.5) is 0 Å². The van der Waals surface area contributed by atoms with Crippen molar-refractivity contribution in [3.8, 4) is 0 Å². The van der Waals surface area contributed by atoms with Crippen LogP contribution in [0.15, 0.2) is 29.3 Å². The minimum atomic E-state index is 0. The van der Waals surface area contributed by atoms with E-state index in [2.05, 4.69) is 69.2 Å². The molecule has 0 saturated carbocycles. The van der Waals surface area contributed by atoms with Gasteiger partial charge in [0.05, 0.1) is 13.2 Å². The number of benzene rings is 1. The average Bonchev–Trinajstić information content (AvgIpc) is 3.03. The monoisotopic (exact) mass is 459 g/mol. The van der Waals surface area contributed by atoms with Crippen molar-refractivity contribution in [2.45, 2.75) is 46.1 Å². The maximum atomic E-state index is 5.48. The number of hydrogen-bond donors (Lipinski definition) is 1. The fraction of sp³-hybridized carbons (Fsp3) is 0.650. The van der Waals surface area contributed by atoms with Gasteiger partial charge in [0.25, 0.3) is 0 Å². The second-order valence-corrected chi connectivity index (χ2v) is 7.73. The van der Waals surface area contributed by atoms with Gasteiger partial charge in [0.1, 0.15) is 0 Å². The van der Waals surface area contributed by atoms with E-state index in [9.17, 15) is 0 Å². The Bertz CT molecular complexity index is 531. The smallest absolute Gasteiger partial charge is 0.193 e. The number of ether oxygens (including phenoxy) is 1. The highest BCUT2D eigenvalue weighted by Gasteiger charge is 2.19. The average molecular weight is 459 g/mol. The van der Waals surface area contributed by atoms with Crippen molar-refractivity contribution < 1.29 is 4.74 Å². The minimum absolute atomic E-state index is 0. The van der Waals surface area contributed by atoms with E-state index in [1.54, 1.807) is 0 Å². The van der Waals surface area contributed by atoms with Crippen LogP contribution in [-0.2, 0) is 16.7 Å². The summed E-state index contributed by atoms with van der Waals surface area (Å²) in [6, 6.07) is 8.83. The van der Waals surface area contributed by atoms with Gasteiger partial charge in [-0.2, -0.15) is 0 Å². The maximum absolute atomic E-state index is 5.48. The van der Waals surface area contributed by atoms with Gasteiger partial charge in [0.2, 0.25) is 0 Å². The van der Waals surface area contributed by atoms with Crippen molar-refractivity contribution >= 4 is 29.9 Å². The van der Waals surface area contributed by atoms with Crippen molar-refractivity contribution in [3.05, 3.63) is 35.4 Å². The largest absolute Gasteiger partial charge is 0.381 e. The van der Waals surface area contributed by atoms with Crippen molar-refractivity contribution in [3.63, 3.8) is 0 Å². The third kappa shape index (κ3) is 7.13. The van der Waals surface area contributed by atoms with Gasteiger partial charge in [-0.3, -0.25) is 0 Å². The SMILES string of the molecule is CCNC(=NCc1ccc(C(C)(C)C)cc1)N(C)CC1CCOC1.I. The molecule has 1 atom stereocenters. The predicted molar refractivity (Wildman–Crippen MR) is 117 cm³/mol. The summed E-state index contributed by atoms with van der Waals surface area (Å²) < 4.78 is 5.48. The van der Waals surface area contributed by atoms with Gasteiger partial charge in [-0.1, -0.05) is 45.0 Å². The number of aliphatic imine (C=N–C) groups is 1. The van der Waals surface area contributed by atoms with Crippen LogP contribution in [-0.4, -0.2) is 44.2 Å². The lowest BCUT2D eigenvalue weighted by atomic mass is 9.87. The number of guanidine groups is 1. The number of hydrogen-bond acceptors (Lipinski definition) is 2. The van der Waals surface area contributed by atoms with E-state index in [4.69, 9.17) is 9.73 Å². The lowest BCUT2D eigenvalue weighted by Gasteiger charge is -2.24. The third-order valence-electron chi connectivity index (χ3n) is 4.48. The lowest BCUT2D eigenvalue weighted by Crippen LogP contribution is -2.41. The van der Waals surface area contributed by atoms with Gasteiger partial charge in [-0.15, -0.1) is 24.0 Å². The Morgan fingerprint density at radius 2 is 1.96 bits per heavy atom. The summed E-state index contributed by atoms with van der Waals surface area (Å²) in [7, 11) is 2.11. The molecule has 25 heavy (non-hydrogen) atoms. The number of rotatable bonds is 5. The molecule has 1 aliphatic rings. The molecule has 1 N–H and O–H groups in total. The molecule has 0 radical (unpaired) electrons. The molecular formula is C20H34IN3O. The second-order valence-electron chi connectivity index (χ2n) is 7.73.